The first kappa shape index (κ1) is 16.3. The van der Waals surface area contributed by atoms with Crippen molar-refractivity contribution in [3.05, 3.63) is 70.7 Å². The molecule has 22 heavy (non-hydrogen) atoms. The zero-order valence-electron chi connectivity index (χ0n) is 12.2. The number of alkyl carbamates (subject to hydrolysis) is 1. The van der Waals surface area contributed by atoms with Gasteiger partial charge in [0, 0.05) is 5.02 Å². The van der Waals surface area contributed by atoms with Gasteiger partial charge in [-0.3, -0.25) is 0 Å². The van der Waals surface area contributed by atoms with E-state index < -0.39 is 18.2 Å². The third-order valence-electron chi connectivity index (χ3n) is 3.24. The molecule has 0 aliphatic carbocycles. The van der Waals surface area contributed by atoms with Gasteiger partial charge in [0.1, 0.15) is 6.61 Å². The number of hydrogen-bond acceptors (Lipinski definition) is 3. The van der Waals surface area contributed by atoms with Crippen LogP contribution < -0.4 is 5.32 Å². The van der Waals surface area contributed by atoms with Crippen LogP contribution in [0.2, 0.25) is 5.02 Å². The van der Waals surface area contributed by atoms with Crippen LogP contribution in [0.1, 0.15) is 24.2 Å². The molecule has 0 saturated carbocycles. The van der Waals surface area contributed by atoms with Crippen molar-refractivity contribution < 1.29 is 14.6 Å². The second-order valence-corrected chi connectivity index (χ2v) is 5.43. The van der Waals surface area contributed by atoms with Crippen molar-refractivity contribution in [2.45, 2.75) is 25.7 Å². The first-order valence-electron chi connectivity index (χ1n) is 6.97. The Morgan fingerprint density at radius 3 is 2.45 bits per heavy atom. The monoisotopic (exact) mass is 319 g/mol. The van der Waals surface area contributed by atoms with Gasteiger partial charge in [0.15, 0.2) is 0 Å². The number of halogens is 1. The van der Waals surface area contributed by atoms with Gasteiger partial charge in [-0.05, 0) is 30.2 Å². The Labute approximate surface area is 134 Å². The lowest BCUT2D eigenvalue weighted by molar-refractivity contribution is 0.106. The van der Waals surface area contributed by atoms with E-state index in [1.807, 2.05) is 30.3 Å². The number of benzene rings is 2. The molecule has 1 unspecified atom stereocenters. The van der Waals surface area contributed by atoms with Gasteiger partial charge in [-0.1, -0.05) is 54.1 Å². The number of aliphatic hydroxyl groups excluding tert-OH is 1. The fraction of sp³-hybridized carbons (Fsp3) is 0.235. The molecule has 0 saturated heterocycles. The Balaban J connectivity index is 1.84. The van der Waals surface area contributed by atoms with Crippen LogP contribution in [0.3, 0.4) is 0 Å². The number of carbonyl (C=O) groups is 1. The average molecular weight is 320 g/mol. The quantitative estimate of drug-likeness (QED) is 0.883. The molecule has 0 aliphatic heterocycles. The number of hydrogen-bond donors (Lipinski definition) is 2. The molecule has 0 aliphatic rings. The molecule has 116 valence electrons. The maximum Gasteiger partial charge on any atom is 0.407 e. The van der Waals surface area contributed by atoms with E-state index in [9.17, 15) is 9.90 Å². The smallest absolute Gasteiger partial charge is 0.407 e. The molecule has 0 fully saturated rings. The fourth-order valence-corrected chi connectivity index (χ4v) is 2.10. The molecule has 4 nitrogen and oxygen atoms in total. The van der Waals surface area contributed by atoms with E-state index in [4.69, 9.17) is 16.3 Å². The minimum Gasteiger partial charge on any atom is -0.445 e. The Bertz CT molecular complexity index is 601. The molecule has 5 heteroatoms. The minimum absolute atomic E-state index is 0.191. The molecule has 1 amide bonds. The van der Waals surface area contributed by atoms with Crippen molar-refractivity contribution in [2.75, 3.05) is 0 Å². The third kappa shape index (κ3) is 4.76. The van der Waals surface area contributed by atoms with Gasteiger partial charge < -0.3 is 15.2 Å². The van der Waals surface area contributed by atoms with Crippen LogP contribution in [0.15, 0.2) is 54.6 Å². The molecule has 2 atom stereocenters. The standard InChI is InChI=1S/C17H18ClNO3/c1-12(16(20)14-7-9-15(18)10-8-14)19-17(21)22-11-13-5-3-2-4-6-13/h2-10,12,16,20H,11H2,1H3,(H,19,21)/t12?,16-/m1/s1. The number of ether oxygens (including phenoxy) is 1. The lowest BCUT2D eigenvalue weighted by Crippen LogP contribution is -2.37. The maximum atomic E-state index is 11.8. The Kier molecular flexibility index (Phi) is 5.81. The second kappa shape index (κ2) is 7.82. The number of amides is 1. The van der Waals surface area contributed by atoms with Gasteiger partial charge in [0.2, 0.25) is 0 Å². The zero-order chi connectivity index (χ0) is 15.9. The van der Waals surface area contributed by atoms with Crippen molar-refractivity contribution >= 4 is 17.7 Å². The van der Waals surface area contributed by atoms with E-state index in [2.05, 4.69) is 5.32 Å². The van der Waals surface area contributed by atoms with Gasteiger partial charge in [-0.2, -0.15) is 0 Å². The van der Waals surface area contributed by atoms with E-state index in [0.717, 1.165) is 5.56 Å². The van der Waals surface area contributed by atoms with Gasteiger partial charge in [-0.15, -0.1) is 0 Å². The topological polar surface area (TPSA) is 58.6 Å². The van der Waals surface area contributed by atoms with Gasteiger partial charge in [-0.25, -0.2) is 4.79 Å². The summed E-state index contributed by atoms with van der Waals surface area (Å²) in [7, 11) is 0. The summed E-state index contributed by atoms with van der Waals surface area (Å²) in [6.45, 7) is 1.90. The highest BCUT2D eigenvalue weighted by Gasteiger charge is 2.19. The molecule has 2 rings (SSSR count). The summed E-state index contributed by atoms with van der Waals surface area (Å²) in [5, 5.41) is 13.4. The van der Waals surface area contributed by atoms with Crippen LogP contribution in [-0.2, 0) is 11.3 Å². The molecule has 0 radical (unpaired) electrons. The highest BCUT2D eigenvalue weighted by molar-refractivity contribution is 6.30. The molecule has 0 bridgehead atoms. The van der Waals surface area contributed by atoms with E-state index in [0.29, 0.717) is 10.6 Å². The molecule has 0 heterocycles. The highest BCUT2D eigenvalue weighted by Crippen LogP contribution is 2.19. The number of carbonyl (C=O) groups excluding carboxylic acids is 1. The second-order valence-electron chi connectivity index (χ2n) is 4.99. The summed E-state index contributed by atoms with van der Waals surface area (Å²) in [5.74, 6) is 0. The van der Waals surface area contributed by atoms with Crippen molar-refractivity contribution in [1.29, 1.82) is 0 Å². The third-order valence-corrected chi connectivity index (χ3v) is 3.50. The lowest BCUT2D eigenvalue weighted by atomic mass is 10.0. The average Bonchev–Trinajstić information content (AvgIpc) is 2.54. The Hall–Kier alpha value is -2.04. The summed E-state index contributed by atoms with van der Waals surface area (Å²) in [5.41, 5.74) is 1.59. The Morgan fingerprint density at radius 2 is 1.82 bits per heavy atom. The van der Waals surface area contributed by atoms with Crippen LogP contribution >= 0.6 is 11.6 Å². The number of rotatable bonds is 5. The van der Waals surface area contributed by atoms with Gasteiger partial charge in [0.25, 0.3) is 0 Å². The number of nitrogens with one attached hydrogen (secondary N) is 1. The summed E-state index contributed by atoms with van der Waals surface area (Å²) in [6, 6.07) is 15.8. The number of aliphatic hydroxyl groups is 1. The zero-order valence-corrected chi connectivity index (χ0v) is 13.0. The van der Waals surface area contributed by atoms with Gasteiger partial charge >= 0.3 is 6.09 Å². The molecule has 2 aromatic rings. The van der Waals surface area contributed by atoms with Crippen LogP contribution in [0.25, 0.3) is 0 Å². The van der Waals surface area contributed by atoms with Crippen molar-refractivity contribution in [2.24, 2.45) is 0 Å². The van der Waals surface area contributed by atoms with Crippen LogP contribution in [0.4, 0.5) is 4.79 Å². The van der Waals surface area contributed by atoms with Crippen molar-refractivity contribution in [1.82, 2.24) is 5.32 Å². The normalized spacial score (nSPS) is 13.2. The minimum atomic E-state index is -0.832. The maximum absolute atomic E-state index is 11.8. The first-order valence-corrected chi connectivity index (χ1v) is 7.35. The fourth-order valence-electron chi connectivity index (χ4n) is 1.98. The van der Waals surface area contributed by atoms with Crippen LogP contribution in [0, 0.1) is 0 Å². The molecule has 0 spiro atoms. The molecule has 2 aromatic carbocycles. The predicted molar refractivity (Wildman–Crippen MR) is 85.6 cm³/mol. The highest BCUT2D eigenvalue weighted by atomic mass is 35.5. The van der Waals surface area contributed by atoms with Gasteiger partial charge in [0.05, 0.1) is 12.1 Å². The SMILES string of the molecule is CC(NC(=O)OCc1ccccc1)[C@@H](O)c1ccc(Cl)cc1. The first-order chi connectivity index (χ1) is 10.6. The lowest BCUT2D eigenvalue weighted by Gasteiger charge is -2.20. The van der Waals surface area contributed by atoms with E-state index in [-0.39, 0.29) is 6.61 Å². The van der Waals surface area contributed by atoms with Crippen molar-refractivity contribution in [3.63, 3.8) is 0 Å². The van der Waals surface area contributed by atoms with Crippen LogP contribution in [-0.4, -0.2) is 17.2 Å². The van der Waals surface area contributed by atoms with Crippen LogP contribution in [0.5, 0.6) is 0 Å². The predicted octanol–water partition coefficient (Wildman–Crippen LogP) is 3.69. The molecular formula is C17H18ClNO3. The van der Waals surface area contributed by atoms with E-state index in [1.54, 1.807) is 31.2 Å². The summed E-state index contributed by atoms with van der Waals surface area (Å²) >= 11 is 5.81. The molecular weight excluding hydrogens is 302 g/mol. The van der Waals surface area contributed by atoms with E-state index in [1.165, 1.54) is 0 Å². The summed E-state index contributed by atoms with van der Waals surface area (Å²) in [4.78, 5) is 11.8. The summed E-state index contributed by atoms with van der Waals surface area (Å²) in [6.07, 6.45) is -1.40. The molecule has 2 N–H and O–H groups in total. The Morgan fingerprint density at radius 1 is 1.18 bits per heavy atom. The summed E-state index contributed by atoms with van der Waals surface area (Å²) < 4.78 is 5.12. The largest absolute Gasteiger partial charge is 0.445 e. The van der Waals surface area contributed by atoms with Crippen molar-refractivity contribution in [3.8, 4) is 0 Å². The van der Waals surface area contributed by atoms with E-state index >= 15 is 0 Å². The molecule has 0 aromatic heterocycles.